The van der Waals surface area contributed by atoms with Crippen molar-refractivity contribution in [3.05, 3.63) is 51.2 Å². The number of thiophene rings is 1. The first-order valence-electron chi connectivity index (χ1n) is 5.31. The molecule has 1 aromatic heterocycles. The number of halogens is 1. The van der Waals surface area contributed by atoms with Crippen molar-refractivity contribution in [3.8, 4) is 5.75 Å². The third kappa shape index (κ3) is 3.56. The first-order valence-corrected chi connectivity index (χ1v) is 6.50. The Hall–Kier alpha value is -1.85. The van der Waals surface area contributed by atoms with Gasteiger partial charge in [0.25, 0.3) is 0 Å². The molecule has 0 aliphatic heterocycles. The summed E-state index contributed by atoms with van der Waals surface area (Å²) in [6.45, 7) is -0.356. The molecule has 0 atom stereocenters. The lowest BCUT2D eigenvalue weighted by atomic mass is 10.2. The van der Waals surface area contributed by atoms with Crippen molar-refractivity contribution in [3.63, 3.8) is 0 Å². The van der Waals surface area contributed by atoms with E-state index in [1.165, 1.54) is 24.3 Å². The normalized spacial score (nSPS) is 10.2. The highest BCUT2D eigenvalue weighted by molar-refractivity contribution is 7.18. The number of carbonyl (C=O) groups excluding carboxylic acids is 2. The second-order valence-electron chi connectivity index (χ2n) is 3.65. The highest BCUT2D eigenvalue weighted by Gasteiger charge is 2.13. The molecule has 0 unspecified atom stereocenters. The van der Waals surface area contributed by atoms with Gasteiger partial charge in [-0.15, -0.1) is 11.3 Å². The molecule has 0 aliphatic rings. The minimum atomic E-state index is -0.660. The monoisotopic (exact) mass is 296 g/mol. The van der Waals surface area contributed by atoms with Crippen molar-refractivity contribution >= 4 is 34.7 Å². The maximum atomic E-state index is 11.7. The van der Waals surface area contributed by atoms with E-state index < -0.39 is 5.97 Å². The summed E-state index contributed by atoms with van der Waals surface area (Å²) in [5.41, 5.74) is 0.192. The van der Waals surface area contributed by atoms with Gasteiger partial charge in [0.1, 0.15) is 5.75 Å². The van der Waals surface area contributed by atoms with Crippen LogP contribution in [0.1, 0.15) is 20.0 Å². The number of esters is 1. The van der Waals surface area contributed by atoms with Crippen molar-refractivity contribution < 1.29 is 19.4 Å². The Bertz CT molecular complexity index is 621. The Morgan fingerprint density at radius 3 is 2.68 bits per heavy atom. The molecular weight excluding hydrogens is 288 g/mol. The number of rotatable bonds is 4. The molecule has 0 fully saturated rings. The molecule has 1 heterocycles. The summed E-state index contributed by atoms with van der Waals surface area (Å²) in [6, 6.07) is 8.92. The van der Waals surface area contributed by atoms with E-state index in [0.717, 1.165) is 11.3 Å². The summed E-state index contributed by atoms with van der Waals surface area (Å²) in [5, 5.41) is 9.23. The topological polar surface area (TPSA) is 63.6 Å². The van der Waals surface area contributed by atoms with E-state index in [1.54, 1.807) is 12.1 Å². The van der Waals surface area contributed by atoms with Gasteiger partial charge in [-0.05, 0) is 30.3 Å². The number of aromatic hydroxyl groups is 1. The number of benzene rings is 1. The summed E-state index contributed by atoms with van der Waals surface area (Å²) in [4.78, 5) is 23.8. The second-order valence-corrected chi connectivity index (χ2v) is 5.37. The van der Waals surface area contributed by atoms with Gasteiger partial charge in [0, 0.05) is 0 Å². The first-order chi connectivity index (χ1) is 9.06. The number of carbonyl (C=O) groups is 2. The molecule has 0 saturated heterocycles. The van der Waals surface area contributed by atoms with Crippen LogP contribution in [0.2, 0.25) is 4.34 Å². The Morgan fingerprint density at radius 2 is 2.05 bits per heavy atom. The highest BCUT2D eigenvalue weighted by atomic mass is 35.5. The molecule has 1 aromatic carbocycles. The van der Waals surface area contributed by atoms with E-state index in [2.05, 4.69) is 0 Å². The Balaban J connectivity index is 1.95. The SMILES string of the molecule is O=C(OCC(=O)c1ccc(Cl)s1)c1cccc(O)c1. The molecule has 0 spiro atoms. The van der Waals surface area contributed by atoms with Gasteiger partial charge in [-0.3, -0.25) is 4.79 Å². The molecule has 0 bridgehead atoms. The van der Waals surface area contributed by atoms with Crippen molar-refractivity contribution in [1.29, 1.82) is 0 Å². The van der Waals surface area contributed by atoms with Crippen LogP contribution in [0, 0.1) is 0 Å². The van der Waals surface area contributed by atoms with Gasteiger partial charge in [-0.2, -0.15) is 0 Å². The number of ether oxygens (including phenoxy) is 1. The highest BCUT2D eigenvalue weighted by Crippen LogP contribution is 2.22. The van der Waals surface area contributed by atoms with Gasteiger partial charge in [-0.25, -0.2) is 4.79 Å². The number of phenols is 1. The number of phenolic OH excluding ortho intramolecular Hbond substituents is 1. The quantitative estimate of drug-likeness (QED) is 0.695. The minimum Gasteiger partial charge on any atom is -0.508 e. The fraction of sp³-hybridized carbons (Fsp3) is 0.0769. The first kappa shape index (κ1) is 13.6. The zero-order chi connectivity index (χ0) is 13.8. The van der Waals surface area contributed by atoms with Crippen LogP contribution in [0.5, 0.6) is 5.75 Å². The van der Waals surface area contributed by atoms with Gasteiger partial charge in [0.05, 0.1) is 14.8 Å². The zero-order valence-electron chi connectivity index (χ0n) is 9.63. The lowest BCUT2D eigenvalue weighted by molar-refractivity contribution is 0.0475. The van der Waals surface area contributed by atoms with Crippen LogP contribution < -0.4 is 0 Å². The van der Waals surface area contributed by atoms with Crippen LogP contribution in [0.15, 0.2) is 36.4 Å². The zero-order valence-corrected chi connectivity index (χ0v) is 11.2. The number of Topliss-reactive ketones (excluding diaryl/α,β-unsaturated/α-hetero) is 1. The molecule has 98 valence electrons. The molecular formula is C13H9ClO4S. The van der Waals surface area contributed by atoms with Crippen molar-refractivity contribution in [2.24, 2.45) is 0 Å². The summed E-state index contributed by atoms with van der Waals surface area (Å²) in [7, 11) is 0. The Morgan fingerprint density at radius 1 is 1.26 bits per heavy atom. The van der Waals surface area contributed by atoms with E-state index in [9.17, 15) is 14.7 Å². The summed E-state index contributed by atoms with van der Waals surface area (Å²) in [6.07, 6.45) is 0. The second kappa shape index (κ2) is 5.86. The van der Waals surface area contributed by atoms with E-state index >= 15 is 0 Å². The van der Waals surface area contributed by atoms with Crippen molar-refractivity contribution in [2.45, 2.75) is 0 Å². The van der Waals surface area contributed by atoms with E-state index in [1.807, 2.05) is 0 Å². The molecule has 0 aliphatic carbocycles. The van der Waals surface area contributed by atoms with E-state index in [-0.39, 0.29) is 23.7 Å². The lowest BCUT2D eigenvalue weighted by Gasteiger charge is -2.03. The average molecular weight is 297 g/mol. The summed E-state index contributed by atoms with van der Waals surface area (Å²) >= 11 is 6.84. The fourth-order valence-electron chi connectivity index (χ4n) is 1.38. The Kier molecular flexibility index (Phi) is 4.19. The molecule has 0 amide bonds. The van der Waals surface area contributed by atoms with Gasteiger partial charge >= 0.3 is 5.97 Å². The van der Waals surface area contributed by atoms with Gasteiger partial charge in [-0.1, -0.05) is 17.7 Å². The van der Waals surface area contributed by atoms with Crippen LogP contribution in [0.25, 0.3) is 0 Å². The third-order valence-electron chi connectivity index (χ3n) is 2.26. The summed E-state index contributed by atoms with van der Waals surface area (Å²) in [5.74, 6) is -1.01. The van der Waals surface area contributed by atoms with Crippen LogP contribution in [-0.2, 0) is 4.74 Å². The third-order valence-corrected chi connectivity index (χ3v) is 3.54. The van der Waals surface area contributed by atoms with Crippen molar-refractivity contribution in [1.82, 2.24) is 0 Å². The van der Waals surface area contributed by atoms with Gasteiger partial charge in [0.2, 0.25) is 5.78 Å². The maximum absolute atomic E-state index is 11.7. The van der Waals surface area contributed by atoms with Crippen LogP contribution >= 0.6 is 22.9 Å². The molecule has 6 heteroatoms. The average Bonchev–Trinajstić information content (AvgIpc) is 2.82. The van der Waals surface area contributed by atoms with Gasteiger partial charge < -0.3 is 9.84 Å². The molecule has 19 heavy (non-hydrogen) atoms. The summed E-state index contributed by atoms with van der Waals surface area (Å²) < 4.78 is 5.37. The maximum Gasteiger partial charge on any atom is 0.338 e. The predicted octanol–water partition coefficient (Wildman–Crippen LogP) is 3.15. The number of ketones is 1. The minimum absolute atomic E-state index is 0.0363. The fourth-order valence-corrected chi connectivity index (χ4v) is 2.35. The van der Waals surface area contributed by atoms with Crippen LogP contribution in [0.4, 0.5) is 0 Å². The van der Waals surface area contributed by atoms with E-state index in [0.29, 0.717) is 9.21 Å². The molecule has 0 saturated carbocycles. The van der Waals surface area contributed by atoms with E-state index in [4.69, 9.17) is 16.3 Å². The number of hydrogen-bond acceptors (Lipinski definition) is 5. The molecule has 2 aromatic rings. The van der Waals surface area contributed by atoms with Gasteiger partial charge in [0.15, 0.2) is 6.61 Å². The van der Waals surface area contributed by atoms with Crippen molar-refractivity contribution in [2.75, 3.05) is 6.61 Å². The molecule has 4 nitrogen and oxygen atoms in total. The standard InChI is InChI=1S/C13H9ClO4S/c14-12-5-4-11(19-12)10(16)7-18-13(17)8-2-1-3-9(15)6-8/h1-6,15H,7H2. The molecule has 2 rings (SSSR count). The largest absolute Gasteiger partial charge is 0.508 e. The lowest BCUT2D eigenvalue weighted by Crippen LogP contribution is -2.13. The van der Waals surface area contributed by atoms with Crippen LogP contribution in [-0.4, -0.2) is 23.5 Å². The van der Waals surface area contributed by atoms with Crippen LogP contribution in [0.3, 0.4) is 0 Å². The Labute approximate surface area is 118 Å². The predicted molar refractivity (Wildman–Crippen MR) is 72.0 cm³/mol. The molecule has 1 N–H and O–H groups in total. The number of hydrogen-bond donors (Lipinski definition) is 1. The smallest absolute Gasteiger partial charge is 0.338 e. The molecule has 0 radical (unpaired) electrons.